The van der Waals surface area contributed by atoms with E-state index in [0.29, 0.717) is 16.4 Å². The highest BCUT2D eigenvalue weighted by molar-refractivity contribution is 7.13. The van der Waals surface area contributed by atoms with Crippen LogP contribution < -0.4 is 5.32 Å². The van der Waals surface area contributed by atoms with Crippen molar-refractivity contribution in [3.63, 3.8) is 0 Å². The normalized spacial score (nSPS) is 18.3. The van der Waals surface area contributed by atoms with Crippen molar-refractivity contribution in [2.75, 3.05) is 13.2 Å². The Bertz CT molecular complexity index is 452. The van der Waals surface area contributed by atoms with Crippen LogP contribution in [0.3, 0.4) is 0 Å². The third-order valence-electron chi connectivity index (χ3n) is 3.98. The maximum atomic E-state index is 12.1. The number of rotatable bonds is 4. The van der Waals surface area contributed by atoms with Crippen molar-refractivity contribution in [3.05, 3.63) is 20.8 Å². The number of aryl methyl sites for hydroxylation is 1. The van der Waals surface area contributed by atoms with Gasteiger partial charge in [0.2, 0.25) is 0 Å². The molecule has 5 heteroatoms. The molecule has 19 heavy (non-hydrogen) atoms. The Balaban J connectivity index is 1.97. The second-order valence-electron chi connectivity index (χ2n) is 5.46. The van der Waals surface area contributed by atoms with Gasteiger partial charge in [-0.15, -0.1) is 11.3 Å². The molecule has 0 aliphatic heterocycles. The van der Waals surface area contributed by atoms with Crippen molar-refractivity contribution in [2.24, 2.45) is 5.41 Å². The third kappa shape index (κ3) is 3.30. The number of amides is 1. The highest BCUT2D eigenvalue weighted by Gasteiger charge is 2.32. The van der Waals surface area contributed by atoms with Crippen LogP contribution in [0.2, 0.25) is 5.02 Å². The first-order valence-electron chi connectivity index (χ1n) is 6.71. The zero-order valence-corrected chi connectivity index (χ0v) is 12.7. The fourth-order valence-electron chi connectivity index (χ4n) is 2.62. The number of carbonyl (C=O) groups excluding carboxylic acids is 1. The highest BCUT2D eigenvalue weighted by Crippen LogP contribution is 2.35. The molecule has 0 unspecified atom stereocenters. The molecule has 0 radical (unpaired) electrons. The minimum atomic E-state index is -0.132. The quantitative estimate of drug-likeness (QED) is 0.895. The molecule has 1 aromatic heterocycles. The summed E-state index contributed by atoms with van der Waals surface area (Å²) >= 11 is 7.46. The molecule has 2 rings (SSSR count). The Morgan fingerprint density at radius 1 is 1.47 bits per heavy atom. The van der Waals surface area contributed by atoms with Crippen LogP contribution in [0, 0.1) is 12.3 Å². The molecule has 0 atom stereocenters. The summed E-state index contributed by atoms with van der Waals surface area (Å²) in [6, 6.07) is 0. The lowest BCUT2D eigenvalue weighted by Gasteiger charge is -2.35. The molecule has 1 aliphatic carbocycles. The maximum absolute atomic E-state index is 12.1. The average Bonchev–Trinajstić information content (AvgIpc) is 2.77. The van der Waals surface area contributed by atoms with Crippen molar-refractivity contribution < 1.29 is 9.90 Å². The zero-order valence-electron chi connectivity index (χ0n) is 11.2. The van der Waals surface area contributed by atoms with Gasteiger partial charge in [0.15, 0.2) is 0 Å². The van der Waals surface area contributed by atoms with Crippen LogP contribution in [0.15, 0.2) is 5.38 Å². The molecule has 1 aromatic rings. The van der Waals surface area contributed by atoms with Crippen molar-refractivity contribution in [3.8, 4) is 0 Å². The minimum absolute atomic E-state index is 0.124. The standard InChI is InChI=1S/C14H20ClNO2S/c1-10-7-19-12(11(10)15)13(18)16-8-14(9-17)5-3-2-4-6-14/h7,17H,2-6,8-9H2,1H3,(H,16,18). The number of aliphatic hydroxyl groups is 1. The van der Waals surface area contributed by atoms with E-state index in [1.54, 1.807) is 0 Å². The third-order valence-corrected chi connectivity index (χ3v) is 5.67. The molecule has 0 saturated heterocycles. The Labute approximate surface area is 123 Å². The Morgan fingerprint density at radius 3 is 2.68 bits per heavy atom. The zero-order chi connectivity index (χ0) is 13.9. The highest BCUT2D eigenvalue weighted by atomic mass is 35.5. The van der Waals surface area contributed by atoms with Crippen LogP contribution in [-0.4, -0.2) is 24.2 Å². The van der Waals surface area contributed by atoms with Crippen LogP contribution >= 0.6 is 22.9 Å². The molecule has 3 nitrogen and oxygen atoms in total. The van der Waals surface area contributed by atoms with Crippen LogP contribution in [-0.2, 0) is 0 Å². The first-order valence-corrected chi connectivity index (χ1v) is 7.96. The molecular weight excluding hydrogens is 282 g/mol. The van der Waals surface area contributed by atoms with E-state index < -0.39 is 0 Å². The summed E-state index contributed by atoms with van der Waals surface area (Å²) < 4.78 is 0. The molecule has 1 saturated carbocycles. The molecule has 0 spiro atoms. The number of halogens is 1. The number of carbonyl (C=O) groups is 1. The predicted molar refractivity (Wildman–Crippen MR) is 79.0 cm³/mol. The first-order chi connectivity index (χ1) is 9.08. The Morgan fingerprint density at radius 2 is 2.16 bits per heavy atom. The van der Waals surface area contributed by atoms with Gasteiger partial charge in [0.1, 0.15) is 4.88 Å². The van der Waals surface area contributed by atoms with E-state index in [4.69, 9.17) is 11.6 Å². The van der Waals surface area contributed by atoms with Crippen LogP contribution in [0.4, 0.5) is 0 Å². The predicted octanol–water partition coefficient (Wildman–Crippen LogP) is 3.38. The summed E-state index contributed by atoms with van der Waals surface area (Å²) in [5.74, 6) is -0.124. The van der Waals surface area contributed by atoms with Gasteiger partial charge in [-0.2, -0.15) is 0 Å². The lowest BCUT2D eigenvalue weighted by molar-refractivity contribution is 0.0720. The first kappa shape index (κ1) is 14.8. The summed E-state index contributed by atoms with van der Waals surface area (Å²) in [5.41, 5.74) is 0.804. The van der Waals surface area contributed by atoms with Gasteiger partial charge in [0.05, 0.1) is 11.6 Å². The molecule has 1 aliphatic rings. The molecule has 2 N–H and O–H groups in total. The van der Waals surface area contributed by atoms with E-state index in [1.165, 1.54) is 17.8 Å². The van der Waals surface area contributed by atoms with Gasteiger partial charge in [0, 0.05) is 12.0 Å². The van der Waals surface area contributed by atoms with E-state index in [1.807, 2.05) is 12.3 Å². The summed E-state index contributed by atoms with van der Waals surface area (Å²) in [6.45, 7) is 2.58. The molecular formula is C14H20ClNO2S. The second kappa shape index (κ2) is 6.25. The van der Waals surface area contributed by atoms with Gasteiger partial charge in [-0.3, -0.25) is 4.79 Å². The van der Waals surface area contributed by atoms with Gasteiger partial charge in [-0.05, 0) is 30.7 Å². The minimum Gasteiger partial charge on any atom is -0.396 e. The number of hydrogen-bond donors (Lipinski definition) is 2. The van der Waals surface area contributed by atoms with Crippen molar-refractivity contribution in [1.82, 2.24) is 5.32 Å². The smallest absolute Gasteiger partial charge is 0.262 e. The summed E-state index contributed by atoms with van der Waals surface area (Å²) in [6.07, 6.45) is 5.47. The number of aliphatic hydroxyl groups excluding tert-OH is 1. The summed E-state index contributed by atoms with van der Waals surface area (Å²) in [5, 5.41) is 15.0. The second-order valence-corrected chi connectivity index (χ2v) is 6.72. The molecule has 1 fully saturated rings. The van der Waals surface area contributed by atoms with E-state index in [2.05, 4.69) is 5.32 Å². The van der Waals surface area contributed by atoms with Crippen LogP contribution in [0.25, 0.3) is 0 Å². The van der Waals surface area contributed by atoms with Gasteiger partial charge in [0.25, 0.3) is 5.91 Å². The van der Waals surface area contributed by atoms with Gasteiger partial charge < -0.3 is 10.4 Å². The topological polar surface area (TPSA) is 49.3 Å². The molecule has 1 heterocycles. The van der Waals surface area contributed by atoms with Gasteiger partial charge >= 0.3 is 0 Å². The van der Waals surface area contributed by atoms with Gasteiger partial charge in [-0.1, -0.05) is 30.9 Å². The van der Waals surface area contributed by atoms with E-state index in [9.17, 15) is 9.90 Å². The van der Waals surface area contributed by atoms with Crippen LogP contribution in [0.1, 0.15) is 47.3 Å². The lowest BCUT2D eigenvalue weighted by Crippen LogP contribution is -2.41. The molecule has 0 bridgehead atoms. The summed E-state index contributed by atoms with van der Waals surface area (Å²) in [4.78, 5) is 12.7. The van der Waals surface area contributed by atoms with Gasteiger partial charge in [-0.25, -0.2) is 0 Å². The number of nitrogens with one attached hydrogen (secondary N) is 1. The molecule has 106 valence electrons. The van der Waals surface area contributed by atoms with Crippen molar-refractivity contribution >= 4 is 28.8 Å². The Hall–Kier alpha value is -0.580. The SMILES string of the molecule is Cc1csc(C(=O)NCC2(CO)CCCCC2)c1Cl. The van der Waals surface area contributed by atoms with E-state index in [-0.39, 0.29) is 17.9 Å². The lowest BCUT2D eigenvalue weighted by atomic mass is 9.74. The number of hydrogen-bond acceptors (Lipinski definition) is 3. The monoisotopic (exact) mass is 301 g/mol. The van der Waals surface area contributed by atoms with E-state index in [0.717, 1.165) is 31.2 Å². The van der Waals surface area contributed by atoms with Crippen molar-refractivity contribution in [2.45, 2.75) is 39.0 Å². The summed E-state index contributed by atoms with van der Waals surface area (Å²) in [7, 11) is 0. The fraction of sp³-hybridized carbons (Fsp3) is 0.643. The molecule has 0 aromatic carbocycles. The largest absolute Gasteiger partial charge is 0.396 e. The fourth-order valence-corrected chi connectivity index (χ4v) is 3.82. The molecule has 1 amide bonds. The Kier molecular flexibility index (Phi) is 4.87. The van der Waals surface area contributed by atoms with E-state index >= 15 is 0 Å². The average molecular weight is 302 g/mol. The maximum Gasteiger partial charge on any atom is 0.262 e. The van der Waals surface area contributed by atoms with Crippen LogP contribution in [0.5, 0.6) is 0 Å². The number of thiophene rings is 1. The van der Waals surface area contributed by atoms with Crippen molar-refractivity contribution in [1.29, 1.82) is 0 Å².